The lowest BCUT2D eigenvalue weighted by Gasteiger charge is -2.25. The van der Waals surface area contributed by atoms with Gasteiger partial charge in [0.05, 0.1) is 4.88 Å². The average Bonchev–Trinajstić information content (AvgIpc) is 2.80. The third-order valence-electron chi connectivity index (χ3n) is 3.55. The second kappa shape index (κ2) is 6.60. The van der Waals surface area contributed by atoms with Crippen molar-refractivity contribution in [1.29, 1.82) is 0 Å². The summed E-state index contributed by atoms with van der Waals surface area (Å²) in [7, 11) is 0. The van der Waals surface area contributed by atoms with Crippen molar-refractivity contribution in [2.75, 3.05) is 26.2 Å². The number of thiophene rings is 1. The Morgan fingerprint density at radius 3 is 2.43 bits per heavy atom. The van der Waals surface area contributed by atoms with Gasteiger partial charge in [-0.25, -0.2) is 0 Å². The van der Waals surface area contributed by atoms with Gasteiger partial charge in [0.25, 0.3) is 5.91 Å². The molecule has 2 amide bonds. The summed E-state index contributed by atoms with van der Waals surface area (Å²) >= 11 is 1.47. The topological polar surface area (TPSA) is 40.6 Å². The highest BCUT2D eigenvalue weighted by molar-refractivity contribution is 7.12. The monoisotopic (exact) mass is 308 g/mol. The molecular weight excluding hydrogens is 284 g/mol. The molecule has 2 rings (SSSR count). The summed E-state index contributed by atoms with van der Waals surface area (Å²) in [5, 5.41) is 1.92. The lowest BCUT2D eigenvalue weighted by atomic mass is 9.91. The van der Waals surface area contributed by atoms with Crippen molar-refractivity contribution >= 4 is 23.2 Å². The Hall–Kier alpha value is -1.36. The second-order valence-corrected chi connectivity index (χ2v) is 7.69. The van der Waals surface area contributed by atoms with Crippen molar-refractivity contribution in [2.24, 2.45) is 5.41 Å². The second-order valence-electron chi connectivity index (χ2n) is 6.74. The van der Waals surface area contributed by atoms with Gasteiger partial charge < -0.3 is 9.80 Å². The smallest absolute Gasteiger partial charge is 0.263 e. The minimum absolute atomic E-state index is 0.00978. The van der Waals surface area contributed by atoms with Gasteiger partial charge in [0.15, 0.2) is 0 Å². The number of carbonyl (C=O) groups excluding carboxylic acids is 2. The molecule has 1 aromatic rings. The van der Waals surface area contributed by atoms with E-state index in [4.69, 9.17) is 0 Å². The zero-order chi connectivity index (χ0) is 15.5. The molecule has 0 saturated carbocycles. The molecule has 116 valence electrons. The van der Waals surface area contributed by atoms with Crippen LogP contribution in [-0.4, -0.2) is 47.8 Å². The largest absolute Gasteiger partial charge is 0.341 e. The fourth-order valence-electron chi connectivity index (χ4n) is 2.49. The highest BCUT2D eigenvalue weighted by Crippen LogP contribution is 2.21. The molecule has 5 heteroatoms. The normalized spacial score (nSPS) is 16.7. The number of amides is 2. The van der Waals surface area contributed by atoms with Crippen LogP contribution in [-0.2, 0) is 4.79 Å². The summed E-state index contributed by atoms with van der Waals surface area (Å²) in [6, 6.07) is 3.76. The molecule has 1 aromatic heterocycles. The molecule has 21 heavy (non-hydrogen) atoms. The Kier molecular flexibility index (Phi) is 5.04. The molecule has 0 aromatic carbocycles. The molecule has 1 aliphatic heterocycles. The van der Waals surface area contributed by atoms with E-state index < -0.39 is 0 Å². The van der Waals surface area contributed by atoms with Gasteiger partial charge in [-0.3, -0.25) is 9.59 Å². The SMILES string of the molecule is CC(C)(C)CC(=O)N1CCCN(C(=O)c2cccs2)CC1. The van der Waals surface area contributed by atoms with Crippen LogP contribution in [0.2, 0.25) is 0 Å². The van der Waals surface area contributed by atoms with Crippen LogP contribution in [0.5, 0.6) is 0 Å². The van der Waals surface area contributed by atoms with Crippen LogP contribution < -0.4 is 0 Å². The van der Waals surface area contributed by atoms with E-state index in [1.165, 1.54) is 11.3 Å². The number of carbonyl (C=O) groups is 2. The maximum Gasteiger partial charge on any atom is 0.263 e. The van der Waals surface area contributed by atoms with Crippen molar-refractivity contribution in [1.82, 2.24) is 9.80 Å². The summed E-state index contributed by atoms with van der Waals surface area (Å²) in [5.74, 6) is 0.294. The Morgan fingerprint density at radius 2 is 1.81 bits per heavy atom. The lowest BCUT2D eigenvalue weighted by molar-refractivity contribution is -0.132. The van der Waals surface area contributed by atoms with Gasteiger partial charge in [-0.05, 0) is 23.3 Å². The molecule has 0 bridgehead atoms. The van der Waals surface area contributed by atoms with Crippen LogP contribution in [0.3, 0.4) is 0 Å². The summed E-state index contributed by atoms with van der Waals surface area (Å²) in [4.78, 5) is 29.2. The van der Waals surface area contributed by atoms with Crippen LogP contribution >= 0.6 is 11.3 Å². The first kappa shape index (κ1) is 16.0. The van der Waals surface area contributed by atoms with E-state index >= 15 is 0 Å². The maximum atomic E-state index is 12.4. The summed E-state index contributed by atoms with van der Waals surface area (Å²) in [5.41, 5.74) is 0.00978. The molecule has 0 radical (unpaired) electrons. The van der Waals surface area contributed by atoms with E-state index in [9.17, 15) is 9.59 Å². The van der Waals surface area contributed by atoms with Gasteiger partial charge in [0, 0.05) is 32.6 Å². The number of hydrogen-bond donors (Lipinski definition) is 0. The molecule has 0 unspecified atom stereocenters. The molecular formula is C16H24N2O2S. The molecule has 1 aliphatic rings. The Morgan fingerprint density at radius 1 is 1.14 bits per heavy atom. The molecule has 0 N–H and O–H groups in total. The van der Waals surface area contributed by atoms with E-state index in [0.717, 1.165) is 24.4 Å². The van der Waals surface area contributed by atoms with Crippen molar-refractivity contribution in [3.8, 4) is 0 Å². The highest BCUT2D eigenvalue weighted by Gasteiger charge is 2.25. The summed E-state index contributed by atoms with van der Waals surface area (Å²) < 4.78 is 0. The van der Waals surface area contributed by atoms with Crippen LogP contribution in [0, 0.1) is 5.41 Å². The zero-order valence-electron chi connectivity index (χ0n) is 13.1. The highest BCUT2D eigenvalue weighted by atomic mass is 32.1. The molecule has 1 fully saturated rings. The zero-order valence-corrected chi connectivity index (χ0v) is 13.9. The Labute approximate surface area is 130 Å². The fraction of sp³-hybridized carbons (Fsp3) is 0.625. The van der Waals surface area contributed by atoms with Crippen LogP contribution in [0.15, 0.2) is 17.5 Å². The maximum absolute atomic E-state index is 12.4. The minimum atomic E-state index is 0.00978. The van der Waals surface area contributed by atoms with E-state index in [2.05, 4.69) is 20.8 Å². The van der Waals surface area contributed by atoms with Crippen molar-refractivity contribution in [3.63, 3.8) is 0 Å². The van der Waals surface area contributed by atoms with Gasteiger partial charge in [-0.2, -0.15) is 0 Å². The Balaban J connectivity index is 1.93. The van der Waals surface area contributed by atoms with Gasteiger partial charge in [-0.1, -0.05) is 26.8 Å². The van der Waals surface area contributed by atoms with Crippen LogP contribution in [0.4, 0.5) is 0 Å². The van der Waals surface area contributed by atoms with E-state index in [1.54, 1.807) is 0 Å². The van der Waals surface area contributed by atoms with E-state index in [0.29, 0.717) is 19.5 Å². The van der Waals surface area contributed by atoms with Gasteiger partial charge in [0.1, 0.15) is 0 Å². The summed E-state index contributed by atoms with van der Waals surface area (Å²) in [6.45, 7) is 9.00. The van der Waals surface area contributed by atoms with E-state index in [-0.39, 0.29) is 17.2 Å². The van der Waals surface area contributed by atoms with Gasteiger partial charge in [-0.15, -0.1) is 11.3 Å². The minimum Gasteiger partial charge on any atom is -0.341 e. The first-order valence-corrected chi connectivity index (χ1v) is 8.35. The first-order chi connectivity index (χ1) is 9.87. The number of nitrogens with zero attached hydrogens (tertiary/aromatic N) is 2. The molecule has 0 atom stereocenters. The van der Waals surface area contributed by atoms with Crippen LogP contribution in [0.25, 0.3) is 0 Å². The standard InChI is InChI=1S/C16H24N2O2S/c1-16(2,3)12-14(19)17-7-5-8-18(10-9-17)15(20)13-6-4-11-21-13/h4,6,11H,5,7-10,12H2,1-3H3. The number of hydrogen-bond acceptors (Lipinski definition) is 3. The van der Waals surface area contributed by atoms with Crippen molar-refractivity contribution in [2.45, 2.75) is 33.6 Å². The van der Waals surface area contributed by atoms with Gasteiger partial charge in [0.2, 0.25) is 5.91 Å². The quantitative estimate of drug-likeness (QED) is 0.843. The average molecular weight is 308 g/mol. The van der Waals surface area contributed by atoms with Crippen molar-refractivity contribution in [3.05, 3.63) is 22.4 Å². The third kappa shape index (κ3) is 4.56. The molecule has 0 aliphatic carbocycles. The fourth-order valence-corrected chi connectivity index (χ4v) is 3.18. The van der Waals surface area contributed by atoms with E-state index in [1.807, 2.05) is 27.3 Å². The first-order valence-electron chi connectivity index (χ1n) is 7.47. The Bertz CT molecular complexity index is 491. The lowest BCUT2D eigenvalue weighted by Crippen LogP contribution is -2.38. The van der Waals surface area contributed by atoms with Crippen molar-refractivity contribution < 1.29 is 9.59 Å². The molecule has 0 spiro atoms. The third-order valence-corrected chi connectivity index (χ3v) is 4.41. The summed E-state index contributed by atoms with van der Waals surface area (Å²) in [6.07, 6.45) is 1.42. The van der Waals surface area contributed by atoms with Crippen LogP contribution in [0.1, 0.15) is 43.3 Å². The molecule has 2 heterocycles. The predicted molar refractivity (Wildman–Crippen MR) is 85.5 cm³/mol. The molecule has 1 saturated heterocycles. The molecule has 4 nitrogen and oxygen atoms in total. The van der Waals surface area contributed by atoms with Gasteiger partial charge >= 0.3 is 0 Å². The predicted octanol–water partition coefficient (Wildman–Crippen LogP) is 2.86. The number of rotatable bonds is 2.